The van der Waals surface area contributed by atoms with Crippen molar-refractivity contribution in [1.82, 2.24) is 9.62 Å². The normalized spacial score (nSPS) is 13.5. The summed E-state index contributed by atoms with van der Waals surface area (Å²) in [5, 5.41) is 23.7. The maximum atomic E-state index is 12.9. The number of anilines is 2. The van der Waals surface area contributed by atoms with Crippen LogP contribution >= 0.6 is 11.8 Å². The molecular weight excluding hydrogens is 558 g/mol. The van der Waals surface area contributed by atoms with Crippen molar-refractivity contribution >= 4 is 50.8 Å². The Morgan fingerprint density at radius 3 is 2.27 bits per heavy atom. The fourth-order valence-corrected chi connectivity index (χ4v) is 5.85. The van der Waals surface area contributed by atoms with Crippen molar-refractivity contribution in [2.24, 2.45) is 0 Å². The van der Waals surface area contributed by atoms with Crippen LogP contribution in [0.25, 0.3) is 0 Å². The van der Waals surface area contributed by atoms with Crippen molar-refractivity contribution in [1.29, 1.82) is 0 Å². The Morgan fingerprint density at radius 2 is 1.65 bits per heavy atom. The molecule has 1 fully saturated rings. The van der Waals surface area contributed by atoms with Crippen LogP contribution in [0.1, 0.15) is 10.4 Å². The van der Waals surface area contributed by atoms with Gasteiger partial charge in [-0.25, -0.2) is 17.9 Å². The van der Waals surface area contributed by atoms with E-state index in [4.69, 9.17) is 5.11 Å². The molecule has 0 radical (unpaired) electrons. The van der Waals surface area contributed by atoms with Crippen molar-refractivity contribution in [3.05, 3.63) is 88.5 Å². The Bertz CT molecular complexity index is 1480. The smallest absolute Gasteiger partial charge is 0.407 e. The second-order valence-corrected chi connectivity index (χ2v) is 11.6. The van der Waals surface area contributed by atoms with Crippen molar-refractivity contribution in [2.75, 3.05) is 48.7 Å². The number of carbonyl (C=O) groups is 2. The lowest BCUT2D eigenvalue weighted by molar-refractivity contribution is -0.384. The zero-order valence-electron chi connectivity index (χ0n) is 21.2. The third kappa shape index (κ3) is 7.21. The molecule has 40 heavy (non-hydrogen) atoms. The molecule has 0 aromatic heterocycles. The molecule has 2 amide bonds. The molecule has 1 heterocycles. The standard InChI is InChI=1S/C26H27N5O7S2/c32-25(19-6-8-20(9-7-19)29-13-15-30(16-14-29)26(33)34)28-40(37,38)22-10-11-23(24(18-22)31(35)36)27-12-17-39-21-4-2-1-3-5-21/h1-11,18,27H,12-17H2,(H,28,32)(H,33,34). The van der Waals surface area contributed by atoms with Gasteiger partial charge in [-0.15, -0.1) is 11.8 Å². The van der Waals surface area contributed by atoms with E-state index in [-0.39, 0.29) is 11.3 Å². The van der Waals surface area contributed by atoms with Crippen molar-refractivity contribution in [2.45, 2.75) is 9.79 Å². The first-order valence-corrected chi connectivity index (χ1v) is 14.7. The molecule has 3 aromatic carbocycles. The van der Waals surface area contributed by atoms with Gasteiger partial charge in [0.05, 0.1) is 9.82 Å². The highest BCUT2D eigenvalue weighted by atomic mass is 32.2. The summed E-state index contributed by atoms with van der Waals surface area (Å²) in [5.41, 5.74) is 0.599. The summed E-state index contributed by atoms with van der Waals surface area (Å²) in [4.78, 5) is 38.7. The van der Waals surface area contributed by atoms with Gasteiger partial charge in [0.1, 0.15) is 5.69 Å². The molecule has 14 heteroatoms. The predicted octanol–water partition coefficient (Wildman–Crippen LogP) is 3.72. The lowest BCUT2D eigenvalue weighted by Gasteiger charge is -2.34. The highest BCUT2D eigenvalue weighted by Gasteiger charge is 2.24. The summed E-state index contributed by atoms with van der Waals surface area (Å²) < 4.78 is 27.7. The molecule has 1 aliphatic heterocycles. The van der Waals surface area contributed by atoms with Gasteiger partial charge < -0.3 is 20.2 Å². The maximum absolute atomic E-state index is 12.9. The number of carbonyl (C=O) groups excluding carboxylic acids is 1. The van der Waals surface area contributed by atoms with Crippen LogP contribution in [0.15, 0.2) is 82.6 Å². The SMILES string of the molecule is O=C(NS(=O)(=O)c1ccc(NCCSc2ccccc2)c([N+](=O)[O-])c1)c1ccc(N2CCN(C(=O)O)CC2)cc1. The molecule has 210 valence electrons. The van der Waals surface area contributed by atoms with Gasteiger partial charge in [-0.3, -0.25) is 14.9 Å². The minimum absolute atomic E-state index is 0.0835. The number of carboxylic acid groups (broad SMARTS) is 1. The van der Waals surface area contributed by atoms with Crippen LogP contribution in [0.5, 0.6) is 0 Å². The Balaban J connectivity index is 1.38. The van der Waals surface area contributed by atoms with Gasteiger partial charge in [0.25, 0.3) is 21.6 Å². The molecule has 0 atom stereocenters. The van der Waals surface area contributed by atoms with Gasteiger partial charge in [0, 0.05) is 60.7 Å². The minimum Gasteiger partial charge on any atom is -0.465 e. The minimum atomic E-state index is -4.39. The number of nitro groups is 1. The second kappa shape index (κ2) is 12.7. The predicted molar refractivity (Wildman–Crippen MR) is 152 cm³/mol. The number of hydrogen-bond donors (Lipinski definition) is 3. The zero-order chi connectivity index (χ0) is 28.7. The molecule has 0 bridgehead atoms. The quantitative estimate of drug-likeness (QED) is 0.138. The number of piperazine rings is 1. The van der Waals surface area contributed by atoms with E-state index in [2.05, 4.69) is 5.32 Å². The lowest BCUT2D eigenvalue weighted by Crippen LogP contribution is -2.48. The molecule has 1 aliphatic rings. The van der Waals surface area contributed by atoms with Crippen LogP contribution < -0.4 is 14.9 Å². The third-order valence-electron chi connectivity index (χ3n) is 6.18. The average molecular weight is 586 g/mol. The van der Waals surface area contributed by atoms with Gasteiger partial charge in [0.2, 0.25) is 0 Å². The highest BCUT2D eigenvalue weighted by molar-refractivity contribution is 7.99. The van der Waals surface area contributed by atoms with Gasteiger partial charge in [-0.2, -0.15) is 0 Å². The van der Waals surface area contributed by atoms with Crippen molar-refractivity contribution < 1.29 is 28.0 Å². The summed E-state index contributed by atoms with van der Waals surface area (Å²) >= 11 is 1.57. The first kappa shape index (κ1) is 28.7. The van der Waals surface area contributed by atoms with Gasteiger partial charge in [-0.1, -0.05) is 18.2 Å². The fraction of sp³-hybridized carbons (Fsp3) is 0.231. The number of benzene rings is 3. The largest absolute Gasteiger partial charge is 0.465 e. The number of nitrogens with one attached hydrogen (secondary N) is 2. The van der Waals surface area contributed by atoms with Crippen LogP contribution in [-0.2, 0) is 10.0 Å². The van der Waals surface area contributed by atoms with E-state index < -0.39 is 37.5 Å². The first-order valence-electron chi connectivity index (χ1n) is 12.2. The lowest BCUT2D eigenvalue weighted by atomic mass is 10.1. The molecule has 0 unspecified atom stereocenters. The van der Waals surface area contributed by atoms with Crippen LogP contribution in [0.4, 0.5) is 21.9 Å². The molecule has 0 spiro atoms. The number of sulfonamides is 1. The van der Waals surface area contributed by atoms with Crippen LogP contribution in [0, 0.1) is 10.1 Å². The molecule has 3 N–H and O–H groups in total. The van der Waals surface area contributed by atoms with Crippen LogP contribution in [-0.4, -0.2) is 73.8 Å². The summed E-state index contributed by atoms with van der Waals surface area (Å²) in [6.45, 7) is 2.09. The number of nitrogens with zero attached hydrogens (tertiary/aromatic N) is 3. The first-order chi connectivity index (χ1) is 19.1. The summed E-state index contributed by atoms with van der Waals surface area (Å²) in [6, 6.07) is 19.3. The second-order valence-electron chi connectivity index (χ2n) is 8.76. The van der Waals surface area contributed by atoms with Crippen molar-refractivity contribution in [3.8, 4) is 0 Å². The summed E-state index contributed by atoms with van der Waals surface area (Å²) in [6.07, 6.45) is -0.970. The topological polar surface area (TPSA) is 162 Å². The Hall–Kier alpha value is -4.30. The van der Waals surface area contributed by atoms with E-state index in [1.807, 2.05) is 40.0 Å². The van der Waals surface area contributed by atoms with E-state index in [0.717, 1.165) is 16.6 Å². The van der Waals surface area contributed by atoms with Crippen LogP contribution in [0.3, 0.4) is 0 Å². The number of hydrogen-bond acceptors (Lipinski definition) is 9. The van der Waals surface area contributed by atoms with Crippen LogP contribution in [0.2, 0.25) is 0 Å². The fourth-order valence-electron chi connectivity index (χ4n) is 4.07. The highest BCUT2D eigenvalue weighted by Crippen LogP contribution is 2.28. The molecule has 0 aliphatic carbocycles. The third-order valence-corrected chi connectivity index (χ3v) is 8.52. The summed E-state index contributed by atoms with van der Waals surface area (Å²) in [7, 11) is -4.39. The monoisotopic (exact) mass is 585 g/mol. The zero-order valence-corrected chi connectivity index (χ0v) is 22.9. The number of rotatable bonds is 10. The van der Waals surface area contributed by atoms with E-state index in [0.29, 0.717) is 38.5 Å². The van der Waals surface area contributed by atoms with E-state index in [9.17, 15) is 28.1 Å². The molecule has 4 rings (SSSR count). The molecule has 3 aromatic rings. The molecule has 0 saturated carbocycles. The van der Waals surface area contributed by atoms with E-state index in [1.54, 1.807) is 23.9 Å². The number of nitro benzene ring substituents is 1. The molecule has 12 nitrogen and oxygen atoms in total. The number of thioether (sulfide) groups is 1. The Labute approximate surface area is 235 Å². The summed E-state index contributed by atoms with van der Waals surface area (Å²) in [5.74, 6) is -0.251. The van der Waals surface area contributed by atoms with Crippen molar-refractivity contribution in [3.63, 3.8) is 0 Å². The maximum Gasteiger partial charge on any atom is 0.407 e. The van der Waals surface area contributed by atoms with E-state index in [1.165, 1.54) is 29.2 Å². The Morgan fingerprint density at radius 1 is 0.975 bits per heavy atom. The van der Waals surface area contributed by atoms with Gasteiger partial charge in [0.15, 0.2) is 0 Å². The van der Waals surface area contributed by atoms with Gasteiger partial charge in [-0.05, 0) is 48.5 Å². The average Bonchev–Trinajstić information content (AvgIpc) is 2.95. The van der Waals surface area contributed by atoms with E-state index >= 15 is 0 Å². The Kier molecular flexibility index (Phi) is 9.11. The molecule has 1 saturated heterocycles. The molecular formula is C26H27N5O7S2. The van der Waals surface area contributed by atoms with Gasteiger partial charge >= 0.3 is 6.09 Å². The number of amides is 2.